The molecule has 0 radical (unpaired) electrons. The standard InChI is InChI=1S/C9H22N2.C4H10O/c1-7-9(2,3)11(6)8-10(4)5;1-3-5-4-2/h7-8H2,1-6H3;3-4H2,1-2H3. The van der Waals surface area contributed by atoms with E-state index in [1.807, 2.05) is 13.8 Å². The molecule has 0 saturated heterocycles. The van der Waals surface area contributed by atoms with Gasteiger partial charge in [-0.15, -0.1) is 0 Å². The fourth-order valence-electron chi connectivity index (χ4n) is 1.09. The largest absolute Gasteiger partial charge is 0.382 e. The van der Waals surface area contributed by atoms with Crippen LogP contribution in [0.2, 0.25) is 0 Å². The zero-order chi connectivity index (χ0) is 13.2. The lowest BCUT2D eigenvalue weighted by Crippen LogP contribution is -2.45. The van der Waals surface area contributed by atoms with Crippen molar-refractivity contribution in [2.24, 2.45) is 0 Å². The van der Waals surface area contributed by atoms with Crippen molar-refractivity contribution in [1.29, 1.82) is 0 Å². The fraction of sp³-hybridized carbons (Fsp3) is 1.00. The molecule has 0 spiro atoms. The average Bonchev–Trinajstić information content (AvgIpc) is 2.19. The SMILES string of the molecule is CCC(C)(C)N(C)CN(C)C.CCOCC. The van der Waals surface area contributed by atoms with Crippen LogP contribution in [0.1, 0.15) is 41.0 Å². The minimum atomic E-state index is 0.324. The highest BCUT2D eigenvalue weighted by Crippen LogP contribution is 2.15. The normalized spacial score (nSPS) is 11.6. The van der Waals surface area contributed by atoms with Crippen LogP contribution in [0.25, 0.3) is 0 Å². The number of nitrogens with zero attached hydrogens (tertiary/aromatic N) is 2. The van der Waals surface area contributed by atoms with E-state index in [9.17, 15) is 0 Å². The highest BCUT2D eigenvalue weighted by atomic mass is 16.5. The zero-order valence-corrected chi connectivity index (χ0v) is 12.6. The Morgan fingerprint density at radius 3 is 1.56 bits per heavy atom. The van der Waals surface area contributed by atoms with Gasteiger partial charge in [-0.2, -0.15) is 0 Å². The Labute approximate surface area is 103 Å². The molecule has 3 heteroatoms. The van der Waals surface area contributed by atoms with Gasteiger partial charge in [-0.1, -0.05) is 6.92 Å². The maximum Gasteiger partial charge on any atom is 0.0502 e. The predicted molar refractivity (Wildman–Crippen MR) is 72.9 cm³/mol. The Morgan fingerprint density at radius 1 is 0.938 bits per heavy atom. The van der Waals surface area contributed by atoms with Gasteiger partial charge in [0.2, 0.25) is 0 Å². The van der Waals surface area contributed by atoms with Crippen molar-refractivity contribution in [3.05, 3.63) is 0 Å². The first-order chi connectivity index (χ1) is 7.31. The van der Waals surface area contributed by atoms with Crippen LogP contribution in [0.15, 0.2) is 0 Å². The van der Waals surface area contributed by atoms with Crippen LogP contribution in [0.4, 0.5) is 0 Å². The smallest absolute Gasteiger partial charge is 0.0502 e. The third-order valence-corrected chi connectivity index (χ3v) is 2.80. The second-order valence-corrected chi connectivity index (χ2v) is 4.87. The summed E-state index contributed by atoms with van der Waals surface area (Å²) in [5, 5.41) is 0. The van der Waals surface area contributed by atoms with E-state index in [1.165, 1.54) is 6.42 Å². The van der Waals surface area contributed by atoms with E-state index >= 15 is 0 Å². The minimum absolute atomic E-state index is 0.324. The van der Waals surface area contributed by atoms with E-state index in [2.05, 4.69) is 51.7 Å². The number of rotatable bonds is 6. The highest BCUT2D eigenvalue weighted by molar-refractivity contribution is 4.76. The van der Waals surface area contributed by atoms with Crippen LogP contribution in [0, 0.1) is 0 Å². The summed E-state index contributed by atoms with van der Waals surface area (Å²) in [6.45, 7) is 13.5. The van der Waals surface area contributed by atoms with Gasteiger partial charge in [-0.3, -0.25) is 9.80 Å². The van der Waals surface area contributed by atoms with E-state index in [0.717, 1.165) is 19.9 Å². The van der Waals surface area contributed by atoms with E-state index in [-0.39, 0.29) is 0 Å². The Kier molecular flexibility index (Phi) is 11.5. The van der Waals surface area contributed by atoms with Crippen LogP contribution < -0.4 is 0 Å². The van der Waals surface area contributed by atoms with Gasteiger partial charge in [0, 0.05) is 18.8 Å². The molecule has 3 nitrogen and oxygen atoms in total. The quantitative estimate of drug-likeness (QED) is 0.655. The van der Waals surface area contributed by atoms with Gasteiger partial charge in [0.1, 0.15) is 0 Å². The zero-order valence-electron chi connectivity index (χ0n) is 12.6. The Bertz CT molecular complexity index is 145. The number of hydrogen-bond donors (Lipinski definition) is 0. The molecule has 16 heavy (non-hydrogen) atoms. The molecule has 100 valence electrons. The van der Waals surface area contributed by atoms with Gasteiger partial charge in [0.25, 0.3) is 0 Å². The van der Waals surface area contributed by atoms with Crippen LogP contribution in [-0.4, -0.2) is 56.4 Å². The maximum atomic E-state index is 4.83. The summed E-state index contributed by atoms with van der Waals surface area (Å²) in [7, 11) is 6.37. The molecule has 0 aromatic heterocycles. The first-order valence-electron chi connectivity index (χ1n) is 6.25. The number of hydrogen-bond acceptors (Lipinski definition) is 3. The summed E-state index contributed by atoms with van der Waals surface area (Å²) in [4.78, 5) is 4.56. The lowest BCUT2D eigenvalue weighted by Gasteiger charge is -2.36. The van der Waals surface area contributed by atoms with Crippen LogP contribution in [0.5, 0.6) is 0 Å². The van der Waals surface area contributed by atoms with Crippen molar-refractivity contribution < 1.29 is 4.74 Å². The monoisotopic (exact) mass is 232 g/mol. The topological polar surface area (TPSA) is 15.7 Å². The van der Waals surface area contributed by atoms with Gasteiger partial charge in [-0.05, 0) is 55.3 Å². The van der Waals surface area contributed by atoms with Crippen LogP contribution in [-0.2, 0) is 4.74 Å². The summed E-state index contributed by atoms with van der Waals surface area (Å²) < 4.78 is 4.83. The molecule has 0 heterocycles. The molecule has 0 rings (SSSR count). The molecule has 0 unspecified atom stereocenters. The third-order valence-electron chi connectivity index (χ3n) is 2.80. The van der Waals surface area contributed by atoms with E-state index in [1.54, 1.807) is 0 Å². The Balaban J connectivity index is 0. The number of ether oxygens (including phenoxy) is 1. The van der Waals surface area contributed by atoms with E-state index in [4.69, 9.17) is 4.74 Å². The average molecular weight is 232 g/mol. The molecule has 0 aromatic carbocycles. The molecule has 0 saturated carbocycles. The fourth-order valence-corrected chi connectivity index (χ4v) is 1.09. The van der Waals surface area contributed by atoms with Crippen molar-refractivity contribution in [3.63, 3.8) is 0 Å². The van der Waals surface area contributed by atoms with Crippen LogP contribution >= 0.6 is 0 Å². The summed E-state index contributed by atoms with van der Waals surface area (Å²) in [6.07, 6.45) is 1.19. The van der Waals surface area contributed by atoms with Gasteiger partial charge >= 0.3 is 0 Å². The summed E-state index contributed by atoms with van der Waals surface area (Å²) in [5.74, 6) is 0. The van der Waals surface area contributed by atoms with E-state index < -0.39 is 0 Å². The molecule has 0 aliphatic rings. The maximum absolute atomic E-state index is 4.83. The van der Waals surface area contributed by atoms with Gasteiger partial charge in [0.05, 0.1) is 6.67 Å². The minimum Gasteiger partial charge on any atom is -0.382 e. The second kappa shape index (κ2) is 10.1. The molecule has 0 bridgehead atoms. The summed E-state index contributed by atoms with van der Waals surface area (Å²) in [5.41, 5.74) is 0.324. The molecule has 0 amide bonds. The second-order valence-electron chi connectivity index (χ2n) is 4.87. The predicted octanol–water partition coefficient (Wildman–Crippen LogP) is 2.67. The van der Waals surface area contributed by atoms with Crippen molar-refractivity contribution in [2.75, 3.05) is 41.0 Å². The van der Waals surface area contributed by atoms with E-state index in [0.29, 0.717) is 5.54 Å². The van der Waals surface area contributed by atoms with Crippen LogP contribution in [0.3, 0.4) is 0 Å². The third kappa shape index (κ3) is 10.4. The first kappa shape index (κ1) is 18.3. The van der Waals surface area contributed by atoms with Crippen molar-refractivity contribution in [3.8, 4) is 0 Å². The van der Waals surface area contributed by atoms with Crippen molar-refractivity contribution in [1.82, 2.24) is 9.80 Å². The molecule has 0 N–H and O–H groups in total. The molecule has 0 atom stereocenters. The molecular formula is C13H32N2O. The molecule has 0 aliphatic carbocycles. The Morgan fingerprint density at radius 2 is 1.38 bits per heavy atom. The lowest BCUT2D eigenvalue weighted by molar-refractivity contribution is 0.0943. The molecule has 0 aromatic rings. The molecule has 0 aliphatic heterocycles. The summed E-state index contributed by atoms with van der Waals surface area (Å²) >= 11 is 0. The highest BCUT2D eigenvalue weighted by Gasteiger charge is 2.20. The van der Waals surface area contributed by atoms with Gasteiger partial charge in [-0.25, -0.2) is 0 Å². The van der Waals surface area contributed by atoms with Crippen molar-refractivity contribution in [2.45, 2.75) is 46.6 Å². The summed E-state index contributed by atoms with van der Waals surface area (Å²) in [6, 6.07) is 0. The van der Waals surface area contributed by atoms with Gasteiger partial charge < -0.3 is 4.74 Å². The first-order valence-corrected chi connectivity index (χ1v) is 6.25. The Hall–Kier alpha value is -0.120. The van der Waals surface area contributed by atoms with Gasteiger partial charge in [0.15, 0.2) is 0 Å². The molecule has 0 fully saturated rings. The molecular weight excluding hydrogens is 200 g/mol. The lowest BCUT2D eigenvalue weighted by atomic mass is 10.0. The van der Waals surface area contributed by atoms with Crippen molar-refractivity contribution >= 4 is 0 Å².